The van der Waals surface area contributed by atoms with E-state index in [4.69, 9.17) is 9.26 Å². The third-order valence-electron chi connectivity index (χ3n) is 7.33. The molecule has 2 saturated heterocycles. The second-order valence-electron chi connectivity index (χ2n) is 9.70. The molecule has 3 fully saturated rings. The number of carboxylic acids is 1. The van der Waals surface area contributed by atoms with E-state index >= 15 is 0 Å². The molecule has 6 rings (SSSR count). The summed E-state index contributed by atoms with van der Waals surface area (Å²) in [5, 5.41) is 14.0. The van der Waals surface area contributed by atoms with Gasteiger partial charge in [-0.3, -0.25) is 0 Å². The van der Waals surface area contributed by atoms with Crippen LogP contribution in [-0.4, -0.2) is 39.4 Å². The Hall–Kier alpha value is -2.92. The fourth-order valence-electron chi connectivity index (χ4n) is 5.54. The lowest BCUT2D eigenvalue weighted by Gasteiger charge is -2.38. The van der Waals surface area contributed by atoms with Crippen molar-refractivity contribution in [2.75, 3.05) is 4.90 Å². The average molecular weight is 520 g/mol. The number of nitrogens with zero attached hydrogens (tertiary/aromatic N) is 3. The van der Waals surface area contributed by atoms with Gasteiger partial charge in [-0.1, -0.05) is 34.7 Å². The Labute approximate surface area is 208 Å². The smallest absolute Gasteiger partial charge is 0.417 e. The summed E-state index contributed by atoms with van der Waals surface area (Å²) in [5.74, 6) is -0.173. The topological polar surface area (TPSA) is 88.7 Å². The third kappa shape index (κ3) is 4.28. The molecule has 0 spiro atoms. The van der Waals surface area contributed by atoms with Gasteiger partial charge < -0.3 is 19.3 Å². The highest BCUT2D eigenvalue weighted by Gasteiger charge is 2.43. The molecule has 1 saturated carbocycles. The molecule has 1 aromatic carbocycles. The predicted molar refractivity (Wildman–Crippen MR) is 125 cm³/mol. The van der Waals surface area contributed by atoms with Crippen LogP contribution in [0.1, 0.15) is 71.0 Å². The maximum absolute atomic E-state index is 13.7. The zero-order valence-electron chi connectivity index (χ0n) is 19.2. The van der Waals surface area contributed by atoms with Gasteiger partial charge in [-0.2, -0.15) is 13.2 Å². The van der Waals surface area contributed by atoms with Gasteiger partial charge in [0.05, 0.1) is 24.5 Å². The van der Waals surface area contributed by atoms with Gasteiger partial charge >= 0.3 is 12.1 Å². The molecule has 2 unspecified atom stereocenters. The Morgan fingerprint density at radius 1 is 1.17 bits per heavy atom. The van der Waals surface area contributed by atoms with E-state index in [0.717, 1.165) is 49.7 Å². The van der Waals surface area contributed by atoms with Gasteiger partial charge in [-0.15, -0.1) is 0 Å². The maximum atomic E-state index is 13.7. The molecule has 1 N–H and O–H groups in total. The molecule has 3 aliphatic rings. The number of aromatic nitrogens is 2. The minimum Gasteiger partial charge on any atom is -0.477 e. The van der Waals surface area contributed by atoms with Crippen LogP contribution in [-0.2, 0) is 17.5 Å². The third-order valence-corrected chi connectivity index (χ3v) is 8.33. The lowest BCUT2D eigenvalue weighted by molar-refractivity contribution is -0.137. The van der Waals surface area contributed by atoms with Crippen LogP contribution < -0.4 is 4.90 Å². The molecule has 0 radical (unpaired) electrons. The molecule has 1 aliphatic carbocycles. The lowest BCUT2D eigenvalue weighted by atomic mass is 9.98. The van der Waals surface area contributed by atoms with Crippen LogP contribution in [0.3, 0.4) is 0 Å². The molecular weight excluding hydrogens is 495 g/mol. The number of hydrogen-bond acceptors (Lipinski definition) is 7. The Bertz CT molecular complexity index is 1270. The number of anilines is 1. The first kappa shape index (κ1) is 23.5. The number of carbonyl (C=O) groups is 1. The van der Waals surface area contributed by atoms with E-state index in [1.807, 2.05) is 0 Å². The van der Waals surface area contributed by atoms with Gasteiger partial charge in [-0.25, -0.2) is 9.78 Å². The van der Waals surface area contributed by atoms with Crippen molar-refractivity contribution in [1.29, 1.82) is 0 Å². The molecule has 3 atom stereocenters. The van der Waals surface area contributed by atoms with E-state index in [2.05, 4.69) is 15.0 Å². The highest BCUT2D eigenvalue weighted by Crippen LogP contribution is 2.47. The number of aromatic carboxylic acids is 1. The minimum absolute atomic E-state index is 0.00661. The molecule has 2 bridgehead atoms. The van der Waals surface area contributed by atoms with Crippen molar-refractivity contribution in [2.45, 2.75) is 75.4 Å². The monoisotopic (exact) mass is 519 g/mol. The normalized spacial score (nSPS) is 23.9. The van der Waals surface area contributed by atoms with Crippen molar-refractivity contribution >= 4 is 22.4 Å². The summed E-state index contributed by atoms with van der Waals surface area (Å²) >= 11 is 1.18. The molecule has 4 heterocycles. The molecule has 190 valence electrons. The minimum atomic E-state index is -4.50. The maximum Gasteiger partial charge on any atom is 0.417 e. The lowest BCUT2D eigenvalue weighted by Crippen LogP contribution is -2.45. The van der Waals surface area contributed by atoms with Crippen LogP contribution >= 0.6 is 11.3 Å². The number of piperidine rings is 1. The van der Waals surface area contributed by atoms with E-state index in [0.29, 0.717) is 11.3 Å². The Morgan fingerprint density at radius 2 is 1.89 bits per heavy atom. The van der Waals surface area contributed by atoms with Crippen molar-refractivity contribution in [3.05, 3.63) is 52.2 Å². The fraction of sp³-hybridized carbons (Fsp3) is 0.480. The van der Waals surface area contributed by atoms with E-state index in [1.165, 1.54) is 29.7 Å². The summed E-state index contributed by atoms with van der Waals surface area (Å²) in [4.78, 5) is 18.0. The quantitative estimate of drug-likeness (QED) is 0.403. The van der Waals surface area contributed by atoms with Crippen LogP contribution in [0.2, 0.25) is 0 Å². The first-order chi connectivity index (χ1) is 17.3. The number of benzene rings is 1. The summed E-state index contributed by atoms with van der Waals surface area (Å²) in [5.41, 5.74) is 0.0776. The summed E-state index contributed by atoms with van der Waals surface area (Å²) in [6, 6.07) is 5.82. The van der Waals surface area contributed by atoms with Crippen LogP contribution in [0.5, 0.6) is 0 Å². The Balaban J connectivity index is 1.21. The molecule has 2 aromatic heterocycles. The van der Waals surface area contributed by atoms with Crippen LogP contribution in [0.25, 0.3) is 11.3 Å². The summed E-state index contributed by atoms with van der Waals surface area (Å²) in [7, 11) is 0. The standard InChI is InChI=1S/C25H24F3N3O4S/c26-25(27,28)19-4-2-1-3-17(19)21-18(22(35-30-21)13-5-6-13)12-34-16-9-14-7-8-15(10-16)31(14)24-29-11-20(36-24)23(32)33/h1-4,11,13-16H,5-10,12H2,(H,32,33)/t14-,15?,16?/m0/s1. The van der Waals surface area contributed by atoms with Gasteiger partial charge in [0.1, 0.15) is 16.3 Å². The average Bonchev–Trinajstić information content (AvgIpc) is 3.30. The first-order valence-corrected chi connectivity index (χ1v) is 12.9. The van der Waals surface area contributed by atoms with Gasteiger partial charge in [-0.05, 0) is 44.6 Å². The number of carboxylic acid groups (broad SMARTS) is 1. The Morgan fingerprint density at radius 3 is 2.53 bits per heavy atom. The van der Waals surface area contributed by atoms with Gasteiger partial charge in [0.15, 0.2) is 5.13 Å². The molecule has 11 heteroatoms. The van der Waals surface area contributed by atoms with Crippen molar-refractivity contribution in [1.82, 2.24) is 10.1 Å². The zero-order valence-corrected chi connectivity index (χ0v) is 20.0. The number of halogens is 3. The van der Waals surface area contributed by atoms with E-state index in [9.17, 15) is 23.1 Å². The molecule has 36 heavy (non-hydrogen) atoms. The summed E-state index contributed by atoms with van der Waals surface area (Å²) < 4.78 is 53.0. The number of alkyl halides is 3. The van der Waals surface area contributed by atoms with E-state index < -0.39 is 17.7 Å². The predicted octanol–water partition coefficient (Wildman–Crippen LogP) is 6.11. The fourth-order valence-corrected chi connectivity index (χ4v) is 6.43. The van der Waals surface area contributed by atoms with E-state index in [-0.39, 0.29) is 46.8 Å². The second-order valence-corrected chi connectivity index (χ2v) is 10.7. The highest BCUT2D eigenvalue weighted by atomic mass is 32.1. The highest BCUT2D eigenvalue weighted by molar-refractivity contribution is 7.17. The number of thiazole rings is 1. The van der Waals surface area contributed by atoms with Gasteiger partial charge in [0.2, 0.25) is 0 Å². The van der Waals surface area contributed by atoms with Crippen molar-refractivity contribution < 1.29 is 32.3 Å². The molecule has 3 aromatic rings. The van der Waals surface area contributed by atoms with Crippen molar-refractivity contribution in [3.8, 4) is 11.3 Å². The van der Waals surface area contributed by atoms with Gasteiger partial charge in [0, 0.05) is 29.1 Å². The number of fused-ring (bicyclic) bond motifs is 2. The molecule has 7 nitrogen and oxygen atoms in total. The van der Waals surface area contributed by atoms with Crippen LogP contribution in [0.15, 0.2) is 35.0 Å². The SMILES string of the molecule is O=C(O)c1cnc(N2C3CC[C@H]2CC(OCc2c(-c4ccccc4C(F)(F)F)noc2C2CC2)C3)s1. The second kappa shape index (κ2) is 8.88. The zero-order chi connectivity index (χ0) is 25.0. The number of hydrogen-bond donors (Lipinski definition) is 1. The number of rotatable bonds is 7. The summed E-state index contributed by atoms with van der Waals surface area (Å²) in [6.45, 7) is 0.140. The summed E-state index contributed by atoms with van der Waals surface area (Å²) in [6.07, 6.45) is 2.12. The van der Waals surface area contributed by atoms with E-state index in [1.54, 1.807) is 6.07 Å². The molecule has 0 amide bonds. The van der Waals surface area contributed by atoms with Crippen LogP contribution in [0.4, 0.5) is 18.3 Å². The molecule has 2 aliphatic heterocycles. The van der Waals surface area contributed by atoms with Crippen molar-refractivity contribution in [3.63, 3.8) is 0 Å². The first-order valence-electron chi connectivity index (χ1n) is 12.0. The van der Waals surface area contributed by atoms with Crippen LogP contribution in [0, 0.1) is 0 Å². The number of ether oxygens (including phenoxy) is 1. The molecular formula is C25H24F3N3O4S. The largest absolute Gasteiger partial charge is 0.477 e. The van der Waals surface area contributed by atoms with Crippen molar-refractivity contribution in [2.24, 2.45) is 0 Å². The Kier molecular flexibility index (Phi) is 5.79. The van der Waals surface area contributed by atoms with Gasteiger partial charge in [0.25, 0.3) is 0 Å².